The fourth-order valence-electron chi connectivity index (χ4n) is 7.49. The van der Waals surface area contributed by atoms with Gasteiger partial charge in [0.25, 0.3) is 0 Å². The summed E-state index contributed by atoms with van der Waals surface area (Å²) < 4.78 is 6.11. The second-order valence-electron chi connectivity index (χ2n) is 10.6. The van der Waals surface area contributed by atoms with Crippen LogP contribution in [0.1, 0.15) is 97.8 Å². The van der Waals surface area contributed by atoms with Gasteiger partial charge in [0.05, 0.1) is 18.5 Å². The first-order chi connectivity index (χ1) is 13.5. The van der Waals surface area contributed by atoms with E-state index in [1.165, 1.54) is 63.5 Å². The fourth-order valence-corrected chi connectivity index (χ4v) is 7.49. The van der Waals surface area contributed by atoms with Crippen molar-refractivity contribution in [3.05, 3.63) is 23.0 Å². The summed E-state index contributed by atoms with van der Waals surface area (Å²) in [6, 6.07) is 0. The summed E-state index contributed by atoms with van der Waals surface area (Å²) in [5, 5.41) is 11.0. The van der Waals surface area contributed by atoms with Gasteiger partial charge in [-0.3, -0.25) is 0 Å². The van der Waals surface area contributed by atoms with Crippen molar-refractivity contribution in [3.8, 4) is 0 Å². The maximum absolute atomic E-state index is 11.0. The van der Waals surface area contributed by atoms with Gasteiger partial charge < -0.3 is 9.84 Å². The van der Waals surface area contributed by atoms with Crippen LogP contribution in [0.3, 0.4) is 0 Å². The Kier molecular flexibility index (Phi) is 6.26. The molecule has 2 saturated carbocycles. The van der Waals surface area contributed by atoms with E-state index < -0.39 is 0 Å². The first-order valence-electron chi connectivity index (χ1n) is 12.3. The number of fused-ring (bicyclic) bond motifs is 4. The van der Waals surface area contributed by atoms with E-state index in [0.717, 1.165) is 43.6 Å². The molecule has 158 valence electrons. The Balaban J connectivity index is 1.44. The molecule has 0 amide bonds. The summed E-state index contributed by atoms with van der Waals surface area (Å²) in [7, 11) is 0. The van der Waals surface area contributed by atoms with Gasteiger partial charge in [0.15, 0.2) is 0 Å². The number of unbranched alkanes of at least 4 members (excludes halogenated alkanes) is 2. The zero-order valence-electron chi connectivity index (χ0n) is 18.5. The molecule has 0 bridgehead atoms. The van der Waals surface area contributed by atoms with Crippen LogP contribution in [0.2, 0.25) is 0 Å². The molecule has 5 atom stereocenters. The number of rotatable bonds is 7. The summed E-state index contributed by atoms with van der Waals surface area (Å²) >= 11 is 0. The highest BCUT2D eigenvalue weighted by molar-refractivity contribution is 5.32. The monoisotopic (exact) mass is 386 g/mol. The van der Waals surface area contributed by atoms with Gasteiger partial charge in [-0.1, -0.05) is 44.8 Å². The van der Waals surface area contributed by atoms with E-state index in [-0.39, 0.29) is 11.5 Å². The van der Waals surface area contributed by atoms with E-state index >= 15 is 0 Å². The highest BCUT2D eigenvalue weighted by Crippen LogP contribution is 2.63. The van der Waals surface area contributed by atoms with Crippen LogP contribution >= 0.6 is 0 Å². The molecule has 0 saturated heterocycles. The lowest BCUT2D eigenvalue weighted by atomic mass is 9.52. The van der Waals surface area contributed by atoms with Gasteiger partial charge >= 0.3 is 0 Å². The minimum atomic E-state index is -0.0504. The van der Waals surface area contributed by atoms with E-state index in [0.29, 0.717) is 5.92 Å². The molecule has 0 aromatic rings. The van der Waals surface area contributed by atoms with E-state index in [1.54, 1.807) is 11.1 Å². The van der Waals surface area contributed by atoms with Crippen LogP contribution in [0.5, 0.6) is 0 Å². The molecule has 0 spiro atoms. The molecule has 0 aromatic carbocycles. The van der Waals surface area contributed by atoms with Crippen molar-refractivity contribution in [1.29, 1.82) is 0 Å². The zero-order chi connectivity index (χ0) is 19.7. The Hall–Kier alpha value is -0.760. The molecular weight excluding hydrogens is 344 g/mol. The molecule has 2 fully saturated rings. The summed E-state index contributed by atoms with van der Waals surface area (Å²) in [5.74, 6) is 4.30. The number of hydrogen-bond acceptors (Lipinski definition) is 2. The summed E-state index contributed by atoms with van der Waals surface area (Å²) in [6.45, 7) is 7.83. The van der Waals surface area contributed by atoms with Crippen LogP contribution in [0.4, 0.5) is 0 Å². The van der Waals surface area contributed by atoms with Gasteiger partial charge in [0, 0.05) is 6.42 Å². The third kappa shape index (κ3) is 3.71. The maximum atomic E-state index is 11.0. The van der Waals surface area contributed by atoms with Gasteiger partial charge in [-0.05, 0) is 93.0 Å². The Bertz CT molecular complexity index is 616. The van der Waals surface area contributed by atoms with Crippen molar-refractivity contribution in [2.75, 3.05) is 6.61 Å². The summed E-state index contributed by atoms with van der Waals surface area (Å²) in [6.07, 6.45) is 17.0. The second-order valence-corrected chi connectivity index (χ2v) is 10.6. The number of aliphatic hydroxyl groups is 1. The third-order valence-electron chi connectivity index (χ3n) is 8.55. The lowest BCUT2D eigenvalue weighted by Gasteiger charge is -2.53. The lowest BCUT2D eigenvalue weighted by Crippen LogP contribution is -2.47. The van der Waals surface area contributed by atoms with Crippen molar-refractivity contribution in [2.45, 2.75) is 104 Å². The second kappa shape index (κ2) is 8.54. The predicted octanol–water partition coefficient (Wildman–Crippen LogP) is 6.79. The molecular formula is C26H42O2. The highest BCUT2D eigenvalue weighted by Gasteiger charge is 2.57. The Morgan fingerprint density at radius 2 is 2.04 bits per heavy atom. The molecule has 0 unspecified atom stereocenters. The van der Waals surface area contributed by atoms with Crippen molar-refractivity contribution in [1.82, 2.24) is 0 Å². The molecule has 4 aliphatic carbocycles. The van der Waals surface area contributed by atoms with Crippen LogP contribution in [0.15, 0.2) is 23.0 Å². The SMILES string of the molecule is CCCCCOC1=CCC2=C(CC[C@@H]3[C@@H]2CC[C@]2(CC(C)C)[C@@H](O)CC[C@@H]32)C1. The average Bonchev–Trinajstić information content (AvgIpc) is 3.00. The first-order valence-corrected chi connectivity index (χ1v) is 12.3. The minimum absolute atomic E-state index is 0.0504. The van der Waals surface area contributed by atoms with Gasteiger partial charge in [-0.2, -0.15) is 0 Å². The molecule has 28 heavy (non-hydrogen) atoms. The van der Waals surface area contributed by atoms with E-state index in [2.05, 4.69) is 26.8 Å². The molecule has 0 heterocycles. The smallest absolute Gasteiger partial charge is 0.0963 e. The standard InChI is InChI=1S/C26H42O2/c1-4-5-6-15-28-20-8-10-21-19(16-20)7-9-23-22(21)13-14-26(17-18(2)3)24(23)11-12-25(26)27/h8,18,22-25,27H,4-7,9-17H2,1-3H3/t22-,23-,24+,25+,26-/m1/s1. The fraction of sp³-hybridized carbons (Fsp3) is 0.846. The quantitative estimate of drug-likeness (QED) is 0.385. The topological polar surface area (TPSA) is 29.5 Å². The molecule has 2 nitrogen and oxygen atoms in total. The Morgan fingerprint density at radius 3 is 2.82 bits per heavy atom. The minimum Gasteiger partial charge on any atom is -0.498 e. The summed E-state index contributed by atoms with van der Waals surface area (Å²) in [4.78, 5) is 0. The maximum Gasteiger partial charge on any atom is 0.0963 e. The molecule has 2 heteroatoms. The molecule has 4 rings (SSSR count). The van der Waals surface area contributed by atoms with Crippen molar-refractivity contribution >= 4 is 0 Å². The molecule has 0 radical (unpaired) electrons. The van der Waals surface area contributed by atoms with Crippen molar-refractivity contribution in [3.63, 3.8) is 0 Å². The Labute approximate surface area is 172 Å². The lowest BCUT2D eigenvalue weighted by molar-refractivity contribution is -0.0579. The molecule has 4 aliphatic rings. The number of ether oxygens (including phenoxy) is 1. The molecule has 1 N–H and O–H groups in total. The van der Waals surface area contributed by atoms with Gasteiger partial charge in [-0.25, -0.2) is 0 Å². The number of allylic oxidation sites excluding steroid dienone is 3. The van der Waals surface area contributed by atoms with Gasteiger partial charge in [0.1, 0.15) is 0 Å². The normalized spacial score (nSPS) is 37.4. The van der Waals surface area contributed by atoms with Crippen LogP contribution in [-0.4, -0.2) is 17.8 Å². The molecule has 0 aromatic heterocycles. The number of aliphatic hydroxyl groups excluding tert-OH is 1. The number of hydrogen-bond donors (Lipinski definition) is 1. The first kappa shape index (κ1) is 20.5. The highest BCUT2D eigenvalue weighted by atomic mass is 16.5. The van der Waals surface area contributed by atoms with Crippen LogP contribution in [0.25, 0.3) is 0 Å². The van der Waals surface area contributed by atoms with Crippen molar-refractivity contribution in [2.24, 2.45) is 29.1 Å². The van der Waals surface area contributed by atoms with E-state index in [1.807, 2.05) is 0 Å². The van der Waals surface area contributed by atoms with Crippen LogP contribution in [0, 0.1) is 29.1 Å². The van der Waals surface area contributed by atoms with Gasteiger partial charge in [-0.15, -0.1) is 0 Å². The molecule has 0 aliphatic heterocycles. The zero-order valence-corrected chi connectivity index (χ0v) is 18.5. The van der Waals surface area contributed by atoms with Gasteiger partial charge in [0.2, 0.25) is 0 Å². The average molecular weight is 387 g/mol. The van der Waals surface area contributed by atoms with E-state index in [4.69, 9.17) is 4.74 Å². The van der Waals surface area contributed by atoms with E-state index in [9.17, 15) is 5.11 Å². The third-order valence-corrected chi connectivity index (χ3v) is 8.55. The van der Waals surface area contributed by atoms with Crippen LogP contribution in [-0.2, 0) is 4.74 Å². The van der Waals surface area contributed by atoms with Crippen LogP contribution < -0.4 is 0 Å². The largest absolute Gasteiger partial charge is 0.498 e. The summed E-state index contributed by atoms with van der Waals surface area (Å²) in [5.41, 5.74) is 3.71. The van der Waals surface area contributed by atoms with Crippen molar-refractivity contribution < 1.29 is 9.84 Å². The Morgan fingerprint density at radius 1 is 1.18 bits per heavy atom. The predicted molar refractivity (Wildman–Crippen MR) is 116 cm³/mol.